The van der Waals surface area contributed by atoms with Gasteiger partial charge in [0.05, 0.1) is 22.5 Å². The third kappa shape index (κ3) is 2.66. The lowest BCUT2D eigenvalue weighted by molar-refractivity contribution is 0.109. The molecule has 1 atom stereocenters. The molecule has 3 nitrogen and oxygen atoms in total. The van der Waals surface area contributed by atoms with Crippen LogP contribution in [0.25, 0.3) is 0 Å². The van der Waals surface area contributed by atoms with Crippen LogP contribution < -0.4 is 0 Å². The highest BCUT2D eigenvalue weighted by atomic mass is 35.5. The number of aryl methyl sites for hydroxylation is 2. The Kier molecular flexibility index (Phi) is 4.10. The van der Waals surface area contributed by atoms with E-state index in [9.17, 15) is 5.11 Å². The molecule has 1 aromatic rings. The Balaban J connectivity index is 2.11. The molecule has 0 aromatic carbocycles. The molecule has 0 amide bonds. The Morgan fingerprint density at radius 2 is 2.12 bits per heavy atom. The summed E-state index contributed by atoms with van der Waals surface area (Å²) in [5, 5.41) is 15.4. The van der Waals surface area contributed by atoms with Crippen molar-refractivity contribution < 1.29 is 5.11 Å². The Bertz CT molecular complexity index is 383. The molecule has 1 heterocycles. The lowest BCUT2D eigenvalue weighted by Crippen LogP contribution is -2.22. The van der Waals surface area contributed by atoms with Gasteiger partial charge in [-0.2, -0.15) is 5.10 Å². The van der Waals surface area contributed by atoms with E-state index in [-0.39, 0.29) is 6.10 Å². The monoisotopic (exact) mass is 256 g/mol. The van der Waals surface area contributed by atoms with E-state index in [2.05, 4.69) is 5.10 Å². The van der Waals surface area contributed by atoms with Crippen molar-refractivity contribution in [3.63, 3.8) is 0 Å². The van der Waals surface area contributed by atoms with Gasteiger partial charge in [-0.15, -0.1) is 0 Å². The van der Waals surface area contributed by atoms with Crippen LogP contribution in [0.2, 0.25) is 5.02 Å². The van der Waals surface area contributed by atoms with E-state index in [1.165, 1.54) is 12.8 Å². The number of aliphatic hydroxyl groups is 1. The average Bonchev–Trinajstić information content (AvgIpc) is 2.92. The fourth-order valence-electron chi connectivity index (χ4n) is 2.77. The van der Waals surface area contributed by atoms with Gasteiger partial charge in [0, 0.05) is 13.0 Å². The fourth-order valence-corrected chi connectivity index (χ4v) is 2.98. The van der Waals surface area contributed by atoms with Crippen LogP contribution in [0.1, 0.15) is 44.0 Å². The number of hydrogen-bond donors (Lipinski definition) is 1. The summed E-state index contributed by atoms with van der Waals surface area (Å²) in [6.45, 7) is 4.77. The van der Waals surface area contributed by atoms with E-state index in [0.717, 1.165) is 35.8 Å². The highest BCUT2D eigenvalue weighted by Crippen LogP contribution is 2.31. The Morgan fingerprint density at radius 1 is 1.47 bits per heavy atom. The Labute approximate surface area is 108 Å². The molecule has 96 valence electrons. The first-order chi connectivity index (χ1) is 8.13. The molecule has 1 N–H and O–H groups in total. The quantitative estimate of drug-likeness (QED) is 0.900. The third-order valence-electron chi connectivity index (χ3n) is 3.80. The van der Waals surface area contributed by atoms with Crippen LogP contribution in [-0.4, -0.2) is 21.0 Å². The zero-order valence-corrected chi connectivity index (χ0v) is 11.4. The van der Waals surface area contributed by atoms with Crippen molar-refractivity contribution in [1.29, 1.82) is 0 Å². The molecule has 0 aliphatic heterocycles. The first kappa shape index (κ1) is 12.9. The van der Waals surface area contributed by atoms with Crippen LogP contribution in [0.15, 0.2) is 0 Å². The van der Waals surface area contributed by atoms with Crippen LogP contribution in [0, 0.1) is 12.8 Å². The SMILES string of the molecule is CCn1nc(C)c(Cl)c1CC(O)C1CCCC1. The third-order valence-corrected chi connectivity index (χ3v) is 4.29. The molecule has 1 aromatic heterocycles. The van der Waals surface area contributed by atoms with Crippen molar-refractivity contribution in [1.82, 2.24) is 9.78 Å². The van der Waals surface area contributed by atoms with Gasteiger partial charge in [0.2, 0.25) is 0 Å². The molecule has 4 heteroatoms. The van der Waals surface area contributed by atoms with Gasteiger partial charge in [-0.05, 0) is 32.6 Å². The summed E-state index contributed by atoms with van der Waals surface area (Å²) in [4.78, 5) is 0. The van der Waals surface area contributed by atoms with Crippen molar-refractivity contribution in [2.75, 3.05) is 0 Å². The van der Waals surface area contributed by atoms with Crippen molar-refractivity contribution in [2.24, 2.45) is 5.92 Å². The minimum Gasteiger partial charge on any atom is -0.392 e. The van der Waals surface area contributed by atoms with Gasteiger partial charge in [0.15, 0.2) is 0 Å². The van der Waals surface area contributed by atoms with Crippen molar-refractivity contribution in [3.8, 4) is 0 Å². The topological polar surface area (TPSA) is 38.0 Å². The summed E-state index contributed by atoms with van der Waals surface area (Å²) in [5.41, 5.74) is 1.85. The second kappa shape index (κ2) is 5.40. The smallest absolute Gasteiger partial charge is 0.0848 e. The fraction of sp³-hybridized carbons (Fsp3) is 0.769. The Hall–Kier alpha value is -0.540. The van der Waals surface area contributed by atoms with Crippen LogP contribution >= 0.6 is 11.6 Å². The van der Waals surface area contributed by atoms with Gasteiger partial charge in [-0.25, -0.2) is 0 Å². The summed E-state index contributed by atoms with van der Waals surface area (Å²) >= 11 is 6.25. The lowest BCUT2D eigenvalue weighted by atomic mass is 9.97. The van der Waals surface area contributed by atoms with Crippen LogP contribution in [-0.2, 0) is 13.0 Å². The second-order valence-corrected chi connectivity index (χ2v) is 5.36. The summed E-state index contributed by atoms with van der Waals surface area (Å²) < 4.78 is 1.91. The minimum absolute atomic E-state index is 0.267. The minimum atomic E-state index is -0.267. The van der Waals surface area contributed by atoms with E-state index >= 15 is 0 Å². The van der Waals surface area contributed by atoms with Crippen LogP contribution in [0.4, 0.5) is 0 Å². The standard InChI is InChI=1S/C13H21ClN2O/c1-3-16-11(13(14)9(2)15-16)8-12(17)10-6-4-5-7-10/h10,12,17H,3-8H2,1-2H3. The second-order valence-electron chi connectivity index (χ2n) is 4.98. The van der Waals surface area contributed by atoms with E-state index in [1.54, 1.807) is 0 Å². The molecule has 0 radical (unpaired) electrons. The van der Waals surface area contributed by atoms with E-state index in [1.807, 2.05) is 18.5 Å². The molecule has 1 aliphatic rings. The summed E-state index contributed by atoms with van der Waals surface area (Å²) in [7, 11) is 0. The molecule has 17 heavy (non-hydrogen) atoms. The molecule has 1 saturated carbocycles. The number of aromatic nitrogens is 2. The molecular weight excluding hydrogens is 236 g/mol. The first-order valence-corrected chi connectivity index (χ1v) is 6.91. The molecule has 1 fully saturated rings. The largest absolute Gasteiger partial charge is 0.392 e. The van der Waals surface area contributed by atoms with Gasteiger partial charge >= 0.3 is 0 Å². The maximum Gasteiger partial charge on any atom is 0.0848 e. The van der Waals surface area contributed by atoms with Crippen LogP contribution in [0.5, 0.6) is 0 Å². The molecule has 2 rings (SSSR count). The number of aliphatic hydroxyl groups excluding tert-OH is 1. The number of hydrogen-bond acceptors (Lipinski definition) is 2. The average molecular weight is 257 g/mol. The maximum atomic E-state index is 10.3. The molecule has 0 bridgehead atoms. The zero-order valence-electron chi connectivity index (χ0n) is 10.6. The van der Waals surface area contributed by atoms with Crippen molar-refractivity contribution in [2.45, 2.75) is 58.6 Å². The van der Waals surface area contributed by atoms with Gasteiger partial charge in [0.1, 0.15) is 0 Å². The summed E-state index contributed by atoms with van der Waals surface area (Å²) in [6, 6.07) is 0. The Morgan fingerprint density at radius 3 is 2.71 bits per heavy atom. The van der Waals surface area contributed by atoms with Gasteiger partial charge < -0.3 is 5.11 Å². The normalized spacial score (nSPS) is 18.8. The van der Waals surface area contributed by atoms with Crippen molar-refractivity contribution >= 4 is 11.6 Å². The number of rotatable bonds is 4. The number of nitrogens with zero attached hydrogens (tertiary/aromatic N) is 2. The molecule has 1 aliphatic carbocycles. The summed E-state index contributed by atoms with van der Waals surface area (Å²) in [5.74, 6) is 0.451. The predicted molar refractivity (Wildman–Crippen MR) is 69.3 cm³/mol. The summed E-state index contributed by atoms with van der Waals surface area (Å²) in [6.07, 6.45) is 5.17. The molecule has 0 saturated heterocycles. The molecule has 0 spiro atoms. The van der Waals surface area contributed by atoms with E-state index in [0.29, 0.717) is 12.3 Å². The number of halogens is 1. The first-order valence-electron chi connectivity index (χ1n) is 6.53. The predicted octanol–water partition coefficient (Wildman–Crippen LogP) is 2.96. The van der Waals surface area contributed by atoms with Gasteiger partial charge in [0.25, 0.3) is 0 Å². The van der Waals surface area contributed by atoms with Crippen molar-refractivity contribution in [3.05, 3.63) is 16.4 Å². The lowest BCUT2D eigenvalue weighted by Gasteiger charge is -2.18. The van der Waals surface area contributed by atoms with E-state index < -0.39 is 0 Å². The highest BCUT2D eigenvalue weighted by molar-refractivity contribution is 6.31. The molecule has 1 unspecified atom stereocenters. The van der Waals surface area contributed by atoms with Gasteiger partial charge in [-0.3, -0.25) is 4.68 Å². The maximum absolute atomic E-state index is 10.3. The van der Waals surface area contributed by atoms with Gasteiger partial charge in [-0.1, -0.05) is 24.4 Å². The van der Waals surface area contributed by atoms with Crippen LogP contribution in [0.3, 0.4) is 0 Å². The highest BCUT2D eigenvalue weighted by Gasteiger charge is 2.25. The van der Waals surface area contributed by atoms with E-state index in [4.69, 9.17) is 11.6 Å². The molecular formula is C13H21ClN2O. The zero-order chi connectivity index (χ0) is 12.4.